The van der Waals surface area contributed by atoms with Gasteiger partial charge in [0, 0.05) is 17.3 Å². The lowest BCUT2D eigenvalue weighted by Gasteiger charge is -2.16. The second kappa shape index (κ2) is 6.64. The van der Waals surface area contributed by atoms with Crippen LogP contribution in [0.5, 0.6) is 0 Å². The van der Waals surface area contributed by atoms with E-state index in [9.17, 15) is 9.59 Å². The van der Waals surface area contributed by atoms with Gasteiger partial charge < -0.3 is 10.6 Å². The van der Waals surface area contributed by atoms with E-state index in [2.05, 4.69) is 15.7 Å². The molecule has 4 rings (SSSR count). The van der Waals surface area contributed by atoms with E-state index in [1.807, 2.05) is 57.2 Å². The van der Waals surface area contributed by atoms with E-state index in [1.165, 1.54) is 0 Å². The smallest absolute Gasteiger partial charge is 0.256 e. The first-order valence-corrected chi connectivity index (χ1v) is 9.20. The van der Waals surface area contributed by atoms with Gasteiger partial charge in [0.05, 0.1) is 17.7 Å². The Morgan fingerprint density at radius 1 is 1.14 bits per heavy atom. The molecule has 6 heteroatoms. The average molecular weight is 374 g/mol. The molecule has 0 fully saturated rings. The van der Waals surface area contributed by atoms with Crippen LogP contribution in [0.4, 0.5) is 11.5 Å². The molecule has 0 atom stereocenters. The van der Waals surface area contributed by atoms with Crippen molar-refractivity contribution >= 4 is 23.3 Å². The number of carbonyl (C=O) groups is 2. The number of rotatable bonds is 4. The van der Waals surface area contributed by atoms with Crippen LogP contribution in [0.1, 0.15) is 41.0 Å². The monoisotopic (exact) mass is 374 g/mol. The molecule has 0 saturated heterocycles. The number of benzene rings is 2. The Hall–Kier alpha value is -3.41. The Kier molecular flexibility index (Phi) is 4.26. The third-order valence-corrected chi connectivity index (χ3v) is 5.09. The molecule has 2 N–H and O–H groups in total. The number of aryl methyl sites for hydroxylation is 1. The summed E-state index contributed by atoms with van der Waals surface area (Å²) in [6.07, 6.45) is 0. The van der Waals surface area contributed by atoms with Gasteiger partial charge in [0.2, 0.25) is 5.91 Å². The van der Waals surface area contributed by atoms with Gasteiger partial charge in [-0.25, -0.2) is 4.68 Å². The highest BCUT2D eigenvalue weighted by Crippen LogP contribution is 2.37. The minimum atomic E-state index is -0.655. The normalized spacial score (nSPS) is 14.5. The van der Waals surface area contributed by atoms with Gasteiger partial charge in [-0.2, -0.15) is 5.10 Å². The predicted octanol–water partition coefficient (Wildman–Crippen LogP) is 3.72. The number of hydrogen-bond donors (Lipinski definition) is 2. The summed E-state index contributed by atoms with van der Waals surface area (Å²) in [6.45, 7) is 6.18. The maximum absolute atomic E-state index is 12.9. The maximum atomic E-state index is 12.9. The molecule has 28 heavy (non-hydrogen) atoms. The largest absolute Gasteiger partial charge is 0.325 e. The predicted molar refractivity (Wildman–Crippen MR) is 109 cm³/mol. The summed E-state index contributed by atoms with van der Waals surface area (Å²) in [6, 6.07) is 17.1. The third kappa shape index (κ3) is 3.17. The van der Waals surface area contributed by atoms with Crippen molar-refractivity contribution in [2.45, 2.75) is 32.7 Å². The van der Waals surface area contributed by atoms with Crippen LogP contribution in [0, 0.1) is 6.92 Å². The summed E-state index contributed by atoms with van der Waals surface area (Å²) in [4.78, 5) is 25.0. The molecule has 1 aromatic heterocycles. The van der Waals surface area contributed by atoms with E-state index in [1.54, 1.807) is 22.9 Å². The molecule has 0 radical (unpaired) electrons. The molecule has 0 bridgehead atoms. The topological polar surface area (TPSA) is 76.0 Å². The van der Waals surface area contributed by atoms with Crippen LogP contribution in [0.25, 0.3) is 0 Å². The minimum Gasteiger partial charge on any atom is -0.325 e. The van der Waals surface area contributed by atoms with Crippen molar-refractivity contribution in [3.05, 3.63) is 77.0 Å². The van der Waals surface area contributed by atoms with E-state index in [-0.39, 0.29) is 11.8 Å². The Morgan fingerprint density at radius 3 is 2.64 bits per heavy atom. The Bertz CT molecular complexity index is 1070. The molecule has 3 aromatic rings. The fourth-order valence-electron chi connectivity index (χ4n) is 3.42. The quantitative estimate of drug-likeness (QED) is 0.731. The molecule has 6 nitrogen and oxygen atoms in total. The number of amides is 2. The summed E-state index contributed by atoms with van der Waals surface area (Å²) in [5, 5.41) is 10.3. The van der Waals surface area contributed by atoms with Gasteiger partial charge in [-0.05, 0) is 50.1 Å². The van der Waals surface area contributed by atoms with Crippen molar-refractivity contribution in [2.24, 2.45) is 0 Å². The second-order valence-corrected chi connectivity index (χ2v) is 7.61. The molecule has 0 unspecified atom stereocenters. The van der Waals surface area contributed by atoms with Gasteiger partial charge in [0.25, 0.3) is 5.91 Å². The molecule has 1 aliphatic heterocycles. The standard InChI is InChI=1S/C22H22N4O2/c1-14-11-19(26(25-14)13-15-7-5-4-6-8-15)24-20(27)16-9-10-18-17(12-16)22(2,3)21(28)23-18/h4-12H,13H2,1-3H3,(H,23,28)(H,24,27). The highest BCUT2D eigenvalue weighted by Gasteiger charge is 2.38. The van der Waals surface area contributed by atoms with Gasteiger partial charge in [-0.1, -0.05) is 30.3 Å². The molecule has 142 valence electrons. The van der Waals surface area contributed by atoms with Crippen molar-refractivity contribution in [1.82, 2.24) is 9.78 Å². The molecule has 2 heterocycles. The van der Waals surface area contributed by atoms with Crippen LogP contribution < -0.4 is 10.6 Å². The lowest BCUT2D eigenvalue weighted by Crippen LogP contribution is -2.27. The average Bonchev–Trinajstić information content (AvgIpc) is 3.11. The van der Waals surface area contributed by atoms with Crippen LogP contribution in [0.2, 0.25) is 0 Å². The van der Waals surface area contributed by atoms with Crippen LogP contribution in [-0.4, -0.2) is 21.6 Å². The van der Waals surface area contributed by atoms with E-state index < -0.39 is 5.41 Å². The first-order valence-electron chi connectivity index (χ1n) is 9.20. The molecule has 2 amide bonds. The molecule has 2 aromatic carbocycles. The number of nitrogens with one attached hydrogen (secondary N) is 2. The van der Waals surface area contributed by atoms with Crippen molar-refractivity contribution in [2.75, 3.05) is 10.6 Å². The maximum Gasteiger partial charge on any atom is 0.256 e. The highest BCUT2D eigenvalue weighted by molar-refractivity contribution is 6.08. The number of hydrogen-bond acceptors (Lipinski definition) is 3. The van der Waals surface area contributed by atoms with Gasteiger partial charge in [-0.3, -0.25) is 9.59 Å². The summed E-state index contributed by atoms with van der Waals surface area (Å²) in [5.74, 6) is 0.351. The molecular formula is C22H22N4O2. The fourth-order valence-corrected chi connectivity index (χ4v) is 3.42. The van der Waals surface area contributed by atoms with E-state index in [0.29, 0.717) is 17.9 Å². The molecule has 0 spiro atoms. The fraction of sp³-hybridized carbons (Fsp3) is 0.227. The first-order chi connectivity index (χ1) is 13.3. The van der Waals surface area contributed by atoms with Crippen LogP contribution in [0.15, 0.2) is 54.6 Å². The lowest BCUT2D eigenvalue weighted by molar-refractivity contribution is -0.119. The van der Waals surface area contributed by atoms with E-state index in [0.717, 1.165) is 22.5 Å². The minimum absolute atomic E-state index is 0.0587. The molecule has 1 aliphatic rings. The van der Waals surface area contributed by atoms with Gasteiger partial charge in [0.1, 0.15) is 5.82 Å². The molecule has 0 aliphatic carbocycles. The number of anilines is 2. The Morgan fingerprint density at radius 2 is 1.89 bits per heavy atom. The molecular weight excluding hydrogens is 352 g/mol. The van der Waals surface area contributed by atoms with E-state index in [4.69, 9.17) is 0 Å². The second-order valence-electron chi connectivity index (χ2n) is 7.61. The highest BCUT2D eigenvalue weighted by atomic mass is 16.2. The number of fused-ring (bicyclic) bond motifs is 1. The Balaban J connectivity index is 1.59. The summed E-state index contributed by atoms with van der Waals surface area (Å²) < 4.78 is 1.78. The third-order valence-electron chi connectivity index (χ3n) is 5.09. The zero-order chi connectivity index (χ0) is 19.9. The number of carbonyl (C=O) groups excluding carboxylic acids is 2. The first kappa shape index (κ1) is 18.0. The summed E-state index contributed by atoms with van der Waals surface area (Å²) >= 11 is 0. The SMILES string of the molecule is Cc1cc(NC(=O)c2ccc3c(c2)C(C)(C)C(=O)N3)n(Cc2ccccc2)n1. The van der Waals surface area contributed by atoms with Gasteiger partial charge in [0.15, 0.2) is 0 Å². The Labute approximate surface area is 163 Å². The van der Waals surface area contributed by atoms with Gasteiger partial charge >= 0.3 is 0 Å². The van der Waals surface area contributed by atoms with Crippen molar-refractivity contribution in [3.63, 3.8) is 0 Å². The van der Waals surface area contributed by atoms with E-state index >= 15 is 0 Å². The zero-order valence-electron chi connectivity index (χ0n) is 16.1. The van der Waals surface area contributed by atoms with Crippen LogP contribution in [0.3, 0.4) is 0 Å². The lowest BCUT2D eigenvalue weighted by atomic mass is 9.85. The summed E-state index contributed by atoms with van der Waals surface area (Å²) in [5.41, 5.74) is 3.38. The zero-order valence-corrected chi connectivity index (χ0v) is 16.1. The number of nitrogens with zero attached hydrogens (tertiary/aromatic N) is 2. The van der Waals surface area contributed by atoms with Crippen LogP contribution >= 0.6 is 0 Å². The van der Waals surface area contributed by atoms with Crippen molar-refractivity contribution in [3.8, 4) is 0 Å². The number of aromatic nitrogens is 2. The van der Waals surface area contributed by atoms with Crippen molar-refractivity contribution in [1.29, 1.82) is 0 Å². The van der Waals surface area contributed by atoms with Crippen LogP contribution in [-0.2, 0) is 16.8 Å². The summed E-state index contributed by atoms with van der Waals surface area (Å²) in [7, 11) is 0. The molecule has 0 saturated carbocycles. The van der Waals surface area contributed by atoms with Crippen molar-refractivity contribution < 1.29 is 9.59 Å². The van der Waals surface area contributed by atoms with Gasteiger partial charge in [-0.15, -0.1) is 0 Å².